The lowest BCUT2D eigenvalue weighted by Crippen LogP contribution is -2.00. The first-order valence-electron chi connectivity index (χ1n) is 4.40. The maximum absolute atomic E-state index is 11.0. The fourth-order valence-corrected chi connectivity index (χ4v) is 1.65. The molecule has 0 amide bonds. The molecular formula is C11H13ClO2. The smallest absolute Gasteiger partial charge is 0.137 e. The van der Waals surface area contributed by atoms with Gasteiger partial charge in [0.2, 0.25) is 0 Å². The number of phenolic OH excluding ortho intramolecular Hbond substituents is 1. The van der Waals surface area contributed by atoms with Crippen LogP contribution in [0.4, 0.5) is 0 Å². The Bertz CT molecular complexity index is 383. The maximum atomic E-state index is 11.0. The third kappa shape index (κ3) is 2.07. The van der Waals surface area contributed by atoms with Crippen LogP contribution in [0.25, 0.3) is 0 Å². The minimum absolute atomic E-state index is 0.0919. The van der Waals surface area contributed by atoms with E-state index in [2.05, 4.69) is 0 Å². The molecule has 0 aromatic heterocycles. The largest absolute Gasteiger partial charge is 0.506 e. The van der Waals surface area contributed by atoms with E-state index in [0.717, 1.165) is 11.1 Å². The van der Waals surface area contributed by atoms with Crippen molar-refractivity contribution in [3.63, 3.8) is 0 Å². The van der Waals surface area contributed by atoms with E-state index in [4.69, 9.17) is 11.6 Å². The summed E-state index contributed by atoms with van der Waals surface area (Å²) in [4.78, 5) is 11.0. The molecule has 0 unspecified atom stereocenters. The Labute approximate surface area is 88.5 Å². The Kier molecular flexibility index (Phi) is 3.17. The van der Waals surface area contributed by atoms with E-state index in [1.165, 1.54) is 6.92 Å². The molecule has 1 aromatic rings. The van der Waals surface area contributed by atoms with Gasteiger partial charge in [0.15, 0.2) is 0 Å². The third-order valence-electron chi connectivity index (χ3n) is 2.22. The lowest BCUT2D eigenvalue weighted by Gasteiger charge is -2.10. The quantitative estimate of drug-likeness (QED) is 0.819. The van der Waals surface area contributed by atoms with Crippen molar-refractivity contribution in [2.24, 2.45) is 0 Å². The number of rotatable bonds is 2. The monoisotopic (exact) mass is 212 g/mol. The Hall–Kier alpha value is -1.02. The van der Waals surface area contributed by atoms with Gasteiger partial charge in [-0.15, -0.1) is 0 Å². The highest BCUT2D eigenvalue weighted by Crippen LogP contribution is 2.32. The molecule has 0 aliphatic heterocycles. The van der Waals surface area contributed by atoms with Crippen molar-refractivity contribution in [2.75, 3.05) is 0 Å². The second-order valence-corrected chi connectivity index (χ2v) is 3.90. The van der Waals surface area contributed by atoms with Crippen LogP contribution in [-0.4, -0.2) is 10.9 Å². The Balaban J connectivity index is 3.25. The summed E-state index contributed by atoms with van der Waals surface area (Å²) in [7, 11) is 0. The summed E-state index contributed by atoms with van der Waals surface area (Å²) < 4.78 is 0. The standard InChI is InChI=1S/C11H13ClO2/c1-6-4-9(5-7(2)13)8(3)10(12)11(6)14/h4,14H,5H2,1-3H3. The van der Waals surface area contributed by atoms with Crippen LogP contribution in [0, 0.1) is 13.8 Å². The molecule has 0 fully saturated rings. The number of carbonyl (C=O) groups excluding carboxylic acids is 1. The van der Waals surface area contributed by atoms with Gasteiger partial charge in [-0.2, -0.15) is 0 Å². The molecule has 0 aliphatic rings. The molecule has 2 nitrogen and oxygen atoms in total. The molecule has 0 atom stereocenters. The predicted molar refractivity (Wildman–Crippen MR) is 57.0 cm³/mol. The van der Waals surface area contributed by atoms with Gasteiger partial charge in [0, 0.05) is 6.42 Å². The van der Waals surface area contributed by atoms with Gasteiger partial charge in [0.25, 0.3) is 0 Å². The molecule has 76 valence electrons. The highest BCUT2D eigenvalue weighted by Gasteiger charge is 2.11. The van der Waals surface area contributed by atoms with Crippen LogP contribution in [0.5, 0.6) is 5.75 Å². The van der Waals surface area contributed by atoms with Gasteiger partial charge in [-0.3, -0.25) is 4.79 Å². The fourth-order valence-electron chi connectivity index (χ4n) is 1.38. The summed E-state index contributed by atoms with van der Waals surface area (Å²) in [6.45, 7) is 5.11. The third-order valence-corrected chi connectivity index (χ3v) is 2.68. The molecule has 0 aliphatic carbocycles. The fraction of sp³-hybridized carbons (Fsp3) is 0.364. The number of carbonyl (C=O) groups is 1. The second-order valence-electron chi connectivity index (χ2n) is 3.52. The number of aromatic hydroxyl groups is 1. The Morgan fingerprint density at radius 3 is 2.57 bits per heavy atom. The van der Waals surface area contributed by atoms with Crippen molar-refractivity contribution in [3.8, 4) is 5.75 Å². The van der Waals surface area contributed by atoms with Crippen LogP contribution >= 0.6 is 11.6 Å². The van der Waals surface area contributed by atoms with E-state index >= 15 is 0 Å². The molecule has 3 heteroatoms. The van der Waals surface area contributed by atoms with Crippen LogP contribution in [-0.2, 0) is 11.2 Å². The normalized spacial score (nSPS) is 10.3. The predicted octanol–water partition coefficient (Wildman–Crippen LogP) is 2.79. The molecule has 0 radical (unpaired) electrons. The van der Waals surface area contributed by atoms with Crippen LogP contribution in [0.15, 0.2) is 6.07 Å². The van der Waals surface area contributed by atoms with Gasteiger partial charge < -0.3 is 5.11 Å². The van der Waals surface area contributed by atoms with Crippen molar-refractivity contribution >= 4 is 17.4 Å². The maximum Gasteiger partial charge on any atom is 0.137 e. The van der Waals surface area contributed by atoms with Crippen LogP contribution in [0.3, 0.4) is 0 Å². The first-order chi connectivity index (χ1) is 6.43. The number of hydrogen-bond acceptors (Lipinski definition) is 2. The topological polar surface area (TPSA) is 37.3 Å². The van der Waals surface area contributed by atoms with Gasteiger partial charge >= 0.3 is 0 Å². The molecule has 1 rings (SSSR count). The van der Waals surface area contributed by atoms with Gasteiger partial charge in [-0.1, -0.05) is 17.7 Å². The van der Waals surface area contributed by atoms with Crippen molar-refractivity contribution in [1.29, 1.82) is 0 Å². The molecule has 0 saturated carbocycles. The number of Topliss-reactive ketones (excluding diaryl/α,β-unsaturated/α-hetero) is 1. The van der Waals surface area contributed by atoms with Crippen molar-refractivity contribution in [2.45, 2.75) is 27.2 Å². The minimum atomic E-state index is 0.0919. The molecule has 0 heterocycles. The van der Waals surface area contributed by atoms with Crippen LogP contribution < -0.4 is 0 Å². The Morgan fingerprint density at radius 1 is 1.50 bits per heavy atom. The molecular weight excluding hydrogens is 200 g/mol. The second kappa shape index (κ2) is 4.01. The van der Waals surface area contributed by atoms with Crippen LogP contribution in [0.1, 0.15) is 23.6 Å². The lowest BCUT2D eigenvalue weighted by molar-refractivity contribution is -0.116. The summed E-state index contributed by atoms with van der Waals surface area (Å²) in [6.07, 6.45) is 0.368. The zero-order valence-electron chi connectivity index (χ0n) is 8.52. The van der Waals surface area contributed by atoms with Crippen molar-refractivity contribution in [1.82, 2.24) is 0 Å². The number of phenols is 1. The first kappa shape index (κ1) is 11.1. The molecule has 0 spiro atoms. The van der Waals surface area contributed by atoms with E-state index in [1.807, 2.05) is 0 Å². The van der Waals surface area contributed by atoms with Crippen molar-refractivity contribution in [3.05, 3.63) is 27.8 Å². The molecule has 14 heavy (non-hydrogen) atoms. The summed E-state index contributed by atoms with van der Waals surface area (Å²) in [5, 5.41) is 9.88. The molecule has 1 aromatic carbocycles. The number of ketones is 1. The van der Waals surface area contributed by atoms with E-state index in [-0.39, 0.29) is 11.5 Å². The molecule has 0 saturated heterocycles. The summed E-state index contributed by atoms with van der Waals surface area (Å²) in [6, 6.07) is 1.80. The molecule has 0 bridgehead atoms. The average Bonchev–Trinajstić information content (AvgIpc) is 2.10. The van der Waals surface area contributed by atoms with Crippen molar-refractivity contribution < 1.29 is 9.90 Å². The SMILES string of the molecule is CC(=O)Cc1cc(C)c(O)c(Cl)c1C. The number of aryl methyl sites for hydroxylation is 1. The van der Waals surface area contributed by atoms with E-state index in [1.54, 1.807) is 19.9 Å². The summed E-state index contributed by atoms with van der Waals surface area (Å²) in [5.41, 5.74) is 2.37. The number of hydrogen-bond donors (Lipinski definition) is 1. The van der Waals surface area contributed by atoms with Gasteiger partial charge in [-0.25, -0.2) is 0 Å². The number of benzene rings is 1. The van der Waals surface area contributed by atoms with Gasteiger partial charge in [0.05, 0.1) is 5.02 Å². The lowest BCUT2D eigenvalue weighted by atomic mass is 10.0. The van der Waals surface area contributed by atoms with E-state index < -0.39 is 0 Å². The van der Waals surface area contributed by atoms with E-state index in [0.29, 0.717) is 17.0 Å². The summed E-state index contributed by atoms with van der Waals surface area (Å²) >= 11 is 5.91. The van der Waals surface area contributed by atoms with E-state index in [9.17, 15) is 9.90 Å². The minimum Gasteiger partial charge on any atom is -0.506 e. The van der Waals surface area contributed by atoms with Gasteiger partial charge in [-0.05, 0) is 37.5 Å². The zero-order chi connectivity index (χ0) is 10.9. The summed E-state index contributed by atoms with van der Waals surface area (Å²) in [5.74, 6) is 0.200. The zero-order valence-corrected chi connectivity index (χ0v) is 9.27. The highest BCUT2D eigenvalue weighted by molar-refractivity contribution is 6.33. The van der Waals surface area contributed by atoms with Gasteiger partial charge in [0.1, 0.15) is 11.5 Å². The van der Waals surface area contributed by atoms with Crippen LogP contribution in [0.2, 0.25) is 5.02 Å². The number of halogens is 1. The highest BCUT2D eigenvalue weighted by atomic mass is 35.5. The average molecular weight is 213 g/mol. The Morgan fingerprint density at radius 2 is 2.07 bits per heavy atom. The molecule has 1 N–H and O–H groups in total. The first-order valence-corrected chi connectivity index (χ1v) is 4.78.